The lowest BCUT2D eigenvalue weighted by molar-refractivity contribution is 0.268. The minimum absolute atomic E-state index is 0. The van der Waals surface area contributed by atoms with Crippen LogP contribution in [0.2, 0.25) is 5.02 Å². The molecule has 1 aromatic heterocycles. The molecular formula is C10H12Cl2N4O. The van der Waals surface area contributed by atoms with Crippen molar-refractivity contribution in [1.82, 2.24) is 15.0 Å². The van der Waals surface area contributed by atoms with Crippen LogP contribution in [0.1, 0.15) is 11.6 Å². The molecule has 0 aliphatic carbocycles. The van der Waals surface area contributed by atoms with Crippen molar-refractivity contribution in [2.75, 3.05) is 6.61 Å². The van der Waals surface area contributed by atoms with Gasteiger partial charge in [-0.1, -0.05) is 17.7 Å². The molecule has 1 heterocycles. The van der Waals surface area contributed by atoms with Gasteiger partial charge in [-0.3, -0.25) is 0 Å². The number of benzene rings is 1. The summed E-state index contributed by atoms with van der Waals surface area (Å²) in [5.41, 5.74) is 7.16. The minimum Gasteiger partial charge on any atom is -0.394 e. The first-order chi connectivity index (χ1) is 7.72. The Bertz CT molecular complexity index is 475. The van der Waals surface area contributed by atoms with Gasteiger partial charge in [0.05, 0.1) is 30.1 Å². The Morgan fingerprint density at radius 2 is 2.00 bits per heavy atom. The summed E-state index contributed by atoms with van der Waals surface area (Å²) < 4.78 is 0. The first-order valence-corrected chi connectivity index (χ1v) is 5.12. The third-order valence-electron chi connectivity index (χ3n) is 2.23. The lowest BCUT2D eigenvalue weighted by Crippen LogP contribution is -2.15. The largest absolute Gasteiger partial charge is 0.394 e. The maximum Gasteiger partial charge on any atom is 0.105 e. The highest BCUT2D eigenvalue weighted by Crippen LogP contribution is 2.22. The molecule has 0 amide bonds. The van der Waals surface area contributed by atoms with Gasteiger partial charge in [-0.2, -0.15) is 15.0 Å². The van der Waals surface area contributed by atoms with Crippen molar-refractivity contribution >= 4 is 24.0 Å². The number of aliphatic hydroxyl groups excluding tert-OH is 1. The first kappa shape index (κ1) is 13.9. The fourth-order valence-corrected chi connectivity index (χ4v) is 1.55. The Kier molecular flexibility index (Phi) is 4.89. The molecule has 2 aromatic rings. The van der Waals surface area contributed by atoms with Crippen LogP contribution < -0.4 is 5.73 Å². The topological polar surface area (TPSA) is 77.0 Å². The Balaban J connectivity index is 0.00000144. The molecule has 1 aromatic carbocycles. The second kappa shape index (κ2) is 5.97. The average molecular weight is 275 g/mol. The molecule has 92 valence electrons. The molecule has 0 radical (unpaired) electrons. The van der Waals surface area contributed by atoms with Crippen LogP contribution in [-0.2, 0) is 0 Å². The van der Waals surface area contributed by atoms with Crippen molar-refractivity contribution in [1.29, 1.82) is 0 Å². The van der Waals surface area contributed by atoms with Crippen LogP contribution in [0.3, 0.4) is 0 Å². The lowest BCUT2D eigenvalue weighted by atomic mass is 10.1. The van der Waals surface area contributed by atoms with Gasteiger partial charge in [-0.15, -0.1) is 12.4 Å². The van der Waals surface area contributed by atoms with Gasteiger partial charge in [0.15, 0.2) is 0 Å². The minimum atomic E-state index is -0.424. The molecule has 0 saturated heterocycles. The molecule has 7 heteroatoms. The van der Waals surface area contributed by atoms with Crippen molar-refractivity contribution < 1.29 is 5.11 Å². The van der Waals surface area contributed by atoms with Gasteiger partial charge in [-0.05, 0) is 17.7 Å². The van der Waals surface area contributed by atoms with Gasteiger partial charge >= 0.3 is 0 Å². The molecule has 0 saturated carbocycles. The Morgan fingerprint density at radius 1 is 1.35 bits per heavy atom. The molecular weight excluding hydrogens is 263 g/mol. The molecule has 0 bridgehead atoms. The second-order valence-electron chi connectivity index (χ2n) is 3.32. The molecule has 0 spiro atoms. The zero-order valence-corrected chi connectivity index (χ0v) is 10.4. The summed E-state index contributed by atoms with van der Waals surface area (Å²) in [6.07, 6.45) is 3.13. The van der Waals surface area contributed by atoms with Gasteiger partial charge in [0.1, 0.15) is 5.69 Å². The summed E-state index contributed by atoms with van der Waals surface area (Å²) in [6.45, 7) is -0.117. The quantitative estimate of drug-likeness (QED) is 0.886. The summed E-state index contributed by atoms with van der Waals surface area (Å²) in [4.78, 5) is 1.41. The van der Waals surface area contributed by atoms with Crippen LogP contribution in [0, 0.1) is 0 Å². The Labute approximate surface area is 110 Å². The fraction of sp³-hybridized carbons (Fsp3) is 0.200. The highest BCUT2D eigenvalue weighted by Gasteiger charge is 2.09. The Morgan fingerprint density at radius 3 is 2.59 bits per heavy atom. The highest BCUT2D eigenvalue weighted by molar-refractivity contribution is 6.32. The first-order valence-electron chi connectivity index (χ1n) is 4.75. The molecule has 0 fully saturated rings. The van der Waals surface area contributed by atoms with Gasteiger partial charge in [-0.25, -0.2) is 0 Å². The van der Waals surface area contributed by atoms with Crippen LogP contribution in [0.25, 0.3) is 5.69 Å². The monoisotopic (exact) mass is 274 g/mol. The van der Waals surface area contributed by atoms with E-state index in [1.807, 2.05) is 0 Å². The maximum atomic E-state index is 8.98. The van der Waals surface area contributed by atoms with E-state index in [2.05, 4.69) is 10.2 Å². The lowest BCUT2D eigenvalue weighted by Gasteiger charge is -2.11. The second-order valence-corrected chi connectivity index (χ2v) is 3.73. The average Bonchev–Trinajstić information content (AvgIpc) is 2.82. The molecule has 5 nitrogen and oxygen atoms in total. The molecule has 1 atom stereocenters. The molecule has 1 unspecified atom stereocenters. The molecule has 3 N–H and O–H groups in total. The molecule has 0 aliphatic rings. The highest BCUT2D eigenvalue weighted by atomic mass is 35.5. The van der Waals surface area contributed by atoms with Crippen molar-refractivity contribution in [2.45, 2.75) is 6.04 Å². The summed E-state index contributed by atoms with van der Waals surface area (Å²) in [5, 5.41) is 17.5. The number of nitrogens with zero attached hydrogens (tertiary/aromatic N) is 3. The van der Waals surface area contributed by atoms with Crippen molar-refractivity contribution in [2.24, 2.45) is 5.73 Å². The Hall–Kier alpha value is -1.14. The van der Waals surface area contributed by atoms with E-state index in [4.69, 9.17) is 22.4 Å². The third-order valence-corrected chi connectivity index (χ3v) is 2.55. The fourth-order valence-electron chi connectivity index (χ4n) is 1.36. The normalized spacial score (nSPS) is 11.9. The van der Waals surface area contributed by atoms with E-state index in [0.717, 1.165) is 5.56 Å². The van der Waals surface area contributed by atoms with E-state index in [-0.39, 0.29) is 19.0 Å². The smallest absolute Gasteiger partial charge is 0.105 e. The standard InChI is InChI=1S/C10H11ClN4O.ClH/c11-8-2-1-7(9(12)6-16)5-10(8)15-13-3-4-14-15;/h1-5,9,16H,6,12H2;1H. The maximum absolute atomic E-state index is 8.98. The number of aromatic nitrogens is 3. The summed E-state index contributed by atoms with van der Waals surface area (Å²) >= 11 is 6.03. The van der Waals surface area contributed by atoms with E-state index in [1.54, 1.807) is 30.6 Å². The predicted molar refractivity (Wildman–Crippen MR) is 67.6 cm³/mol. The number of hydrogen-bond donors (Lipinski definition) is 2. The van der Waals surface area contributed by atoms with Crippen LogP contribution >= 0.6 is 24.0 Å². The van der Waals surface area contributed by atoms with Crippen molar-refractivity contribution in [3.63, 3.8) is 0 Å². The van der Waals surface area contributed by atoms with Crippen molar-refractivity contribution in [3.8, 4) is 5.69 Å². The van der Waals surface area contributed by atoms with Gasteiger partial charge < -0.3 is 10.8 Å². The molecule has 17 heavy (non-hydrogen) atoms. The zero-order chi connectivity index (χ0) is 11.5. The summed E-state index contributed by atoms with van der Waals surface area (Å²) in [5.74, 6) is 0. The predicted octanol–water partition coefficient (Wildman–Crippen LogP) is 1.33. The van der Waals surface area contributed by atoms with Crippen molar-refractivity contribution in [3.05, 3.63) is 41.2 Å². The molecule has 0 aliphatic heterocycles. The SMILES string of the molecule is Cl.NC(CO)c1ccc(Cl)c(-n2nccn2)c1. The van der Waals surface area contributed by atoms with E-state index in [1.165, 1.54) is 4.80 Å². The van der Waals surface area contributed by atoms with E-state index in [0.29, 0.717) is 10.7 Å². The van der Waals surface area contributed by atoms with Crippen LogP contribution in [0.5, 0.6) is 0 Å². The number of nitrogens with two attached hydrogens (primary N) is 1. The number of halogens is 2. The van der Waals surface area contributed by atoms with Gasteiger partial charge in [0.2, 0.25) is 0 Å². The molecule has 2 rings (SSSR count). The van der Waals surface area contributed by atoms with Gasteiger partial charge in [0.25, 0.3) is 0 Å². The van der Waals surface area contributed by atoms with E-state index in [9.17, 15) is 0 Å². The summed E-state index contributed by atoms with van der Waals surface area (Å²) in [7, 11) is 0. The van der Waals surface area contributed by atoms with Gasteiger partial charge in [0, 0.05) is 0 Å². The van der Waals surface area contributed by atoms with E-state index < -0.39 is 6.04 Å². The number of rotatable bonds is 3. The van der Waals surface area contributed by atoms with Crippen LogP contribution in [0.4, 0.5) is 0 Å². The van der Waals surface area contributed by atoms with E-state index >= 15 is 0 Å². The zero-order valence-electron chi connectivity index (χ0n) is 8.82. The van der Waals surface area contributed by atoms with Crippen LogP contribution in [0.15, 0.2) is 30.6 Å². The van der Waals surface area contributed by atoms with Crippen LogP contribution in [-0.4, -0.2) is 26.7 Å². The summed E-state index contributed by atoms with van der Waals surface area (Å²) in [6, 6.07) is 4.83. The number of aliphatic hydroxyl groups is 1. The number of hydrogen-bond acceptors (Lipinski definition) is 4. The third kappa shape index (κ3) is 2.95.